The van der Waals surface area contributed by atoms with E-state index in [1.54, 1.807) is 4.68 Å². The minimum atomic E-state index is 0.377. The van der Waals surface area contributed by atoms with E-state index in [9.17, 15) is 0 Å². The second-order valence-electron chi connectivity index (χ2n) is 4.59. The minimum Gasteiger partial charge on any atom is -0.383 e. The first-order valence-corrected chi connectivity index (χ1v) is 6.50. The third-order valence-electron chi connectivity index (χ3n) is 3.31. The molecule has 1 aromatic heterocycles. The Hall–Kier alpha value is -1.48. The predicted molar refractivity (Wildman–Crippen MR) is 76.8 cm³/mol. The van der Waals surface area contributed by atoms with Gasteiger partial charge in [0.25, 0.3) is 0 Å². The van der Waals surface area contributed by atoms with E-state index in [2.05, 4.69) is 18.9 Å². The molecule has 0 aliphatic carbocycles. The number of nitrogen functional groups attached to an aromatic ring is 1. The quantitative estimate of drug-likeness (QED) is 0.914. The van der Waals surface area contributed by atoms with Crippen LogP contribution in [0.2, 0.25) is 5.02 Å². The molecule has 0 bridgehead atoms. The molecule has 96 valence electrons. The van der Waals surface area contributed by atoms with E-state index >= 15 is 0 Å². The monoisotopic (exact) mass is 263 g/mol. The predicted octanol–water partition coefficient (Wildman–Crippen LogP) is 3.84. The molecule has 0 aliphatic rings. The summed E-state index contributed by atoms with van der Waals surface area (Å²) in [7, 11) is 1.87. The van der Waals surface area contributed by atoms with Crippen LogP contribution in [0.15, 0.2) is 24.3 Å². The van der Waals surface area contributed by atoms with Crippen LogP contribution in [0.5, 0.6) is 0 Å². The summed E-state index contributed by atoms with van der Waals surface area (Å²) in [5, 5.41) is 5.25. The molecule has 2 aromatic rings. The van der Waals surface area contributed by atoms with Crippen molar-refractivity contribution >= 4 is 17.4 Å². The lowest BCUT2D eigenvalue weighted by molar-refractivity contribution is 0.668. The summed E-state index contributed by atoms with van der Waals surface area (Å²) in [6.07, 6.45) is 1.03. The number of nitrogens with zero attached hydrogens (tertiary/aromatic N) is 2. The Morgan fingerprint density at radius 2 is 2.17 bits per heavy atom. The molecule has 1 heterocycles. The Kier molecular flexibility index (Phi) is 3.62. The van der Waals surface area contributed by atoms with Crippen molar-refractivity contribution in [2.24, 2.45) is 7.05 Å². The first-order valence-electron chi connectivity index (χ1n) is 6.12. The van der Waals surface area contributed by atoms with Crippen molar-refractivity contribution < 1.29 is 0 Å². The second-order valence-corrected chi connectivity index (χ2v) is 5.03. The summed E-state index contributed by atoms with van der Waals surface area (Å²) in [5.74, 6) is 1.06. The van der Waals surface area contributed by atoms with Gasteiger partial charge in [0.15, 0.2) is 0 Å². The molecule has 0 saturated heterocycles. The van der Waals surface area contributed by atoms with Crippen LogP contribution in [0.3, 0.4) is 0 Å². The number of aromatic nitrogens is 2. The lowest BCUT2D eigenvalue weighted by atomic mass is 9.96. The van der Waals surface area contributed by atoms with Gasteiger partial charge in [0.2, 0.25) is 0 Å². The van der Waals surface area contributed by atoms with Gasteiger partial charge in [-0.3, -0.25) is 4.68 Å². The molecule has 0 radical (unpaired) electrons. The topological polar surface area (TPSA) is 43.8 Å². The van der Waals surface area contributed by atoms with Gasteiger partial charge in [0.05, 0.1) is 5.69 Å². The van der Waals surface area contributed by atoms with Crippen LogP contribution in [0.4, 0.5) is 5.82 Å². The third kappa shape index (κ3) is 2.23. The molecule has 0 aliphatic heterocycles. The highest BCUT2D eigenvalue weighted by Gasteiger charge is 2.19. The van der Waals surface area contributed by atoms with Gasteiger partial charge in [-0.2, -0.15) is 5.10 Å². The zero-order chi connectivity index (χ0) is 13.3. The molecular formula is C14H18ClN3. The minimum absolute atomic E-state index is 0.377. The van der Waals surface area contributed by atoms with E-state index in [0.717, 1.165) is 23.2 Å². The van der Waals surface area contributed by atoms with Crippen molar-refractivity contribution in [3.05, 3.63) is 35.0 Å². The molecule has 0 fully saturated rings. The fraction of sp³-hybridized carbons (Fsp3) is 0.357. The standard InChI is InChI=1S/C14H18ClN3/c1-4-9(2)13-12(14(16)18(3)17-13)10-6-5-7-11(15)8-10/h5-9H,4,16H2,1-3H3. The van der Waals surface area contributed by atoms with Gasteiger partial charge < -0.3 is 5.73 Å². The van der Waals surface area contributed by atoms with E-state index < -0.39 is 0 Å². The first kappa shape index (κ1) is 13.0. The number of hydrogen-bond donors (Lipinski definition) is 1. The fourth-order valence-electron chi connectivity index (χ4n) is 2.04. The highest BCUT2D eigenvalue weighted by atomic mass is 35.5. The summed E-state index contributed by atoms with van der Waals surface area (Å²) in [5.41, 5.74) is 9.22. The summed E-state index contributed by atoms with van der Waals surface area (Å²) < 4.78 is 1.73. The molecule has 3 nitrogen and oxygen atoms in total. The Morgan fingerprint density at radius 3 is 2.78 bits per heavy atom. The van der Waals surface area contributed by atoms with Crippen molar-refractivity contribution in [2.45, 2.75) is 26.2 Å². The van der Waals surface area contributed by atoms with Gasteiger partial charge in [-0.15, -0.1) is 0 Å². The maximum atomic E-state index is 6.14. The average Bonchev–Trinajstić information content (AvgIpc) is 2.65. The second kappa shape index (κ2) is 5.02. The third-order valence-corrected chi connectivity index (χ3v) is 3.55. The summed E-state index contributed by atoms with van der Waals surface area (Å²) in [6.45, 7) is 4.31. The van der Waals surface area contributed by atoms with Crippen LogP contribution in [0.25, 0.3) is 11.1 Å². The fourth-order valence-corrected chi connectivity index (χ4v) is 2.23. The molecule has 2 N–H and O–H groups in total. The van der Waals surface area contributed by atoms with Crippen molar-refractivity contribution in [1.29, 1.82) is 0 Å². The highest BCUT2D eigenvalue weighted by Crippen LogP contribution is 2.35. The molecule has 1 aromatic carbocycles. The van der Waals surface area contributed by atoms with E-state index in [4.69, 9.17) is 17.3 Å². The zero-order valence-electron chi connectivity index (χ0n) is 10.9. The lowest BCUT2D eigenvalue weighted by Gasteiger charge is -2.09. The van der Waals surface area contributed by atoms with E-state index in [-0.39, 0.29) is 0 Å². The molecule has 0 amide bonds. The van der Waals surface area contributed by atoms with Gasteiger partial charge in [0, 0.05) is 23.6 Å². The maximum absolute atomic E-state index is 6.14. The highest BCUT2D eigenvalue weighted by molar-refractivity contribution is 6.30. The average molecular weight is 264 g/mol. The number of nitrogens with two attached hydrogens (primary N) is 1. The molecule has 1 atom stereocenters. The lowest BCUT2D eigenvalue weighted by Crippen LogP contribution is -1.98. The van der Waals surface area contributed by atoms with Crippen molar-refractivity contribution in [3.8, 4) is 11.1 Å². The molecule has 4 heteroatoms. The summed E-state index contributed by atoms with van der Waals surface area (Å²) in [6, 6.07) is 7.75. The largest absolute Gasteiger partial charge is 0.383 e. The SMILES string of the molecule is CCC(C)c1nn(C)c(N)c1-c1cccc(Cl)c1. The normalized spacial score (nSPS) is 12.7. The number of halogens is 1. The Bertz CT molecular complexity index is 560. The summed E-state index contributed by atoms with van der Waals surface area (Å²) in [4.78, 5) is 0. The van der Waals surface area contributed by atoms with E-state index in [1.165, 1.54) is 0 Å². The molecule has 2 rings (SSSR count). The van der Waals surface area contributed by atoms with E-state index in [1.807, 2.05) is 31.3 Å². The molecule has 1 unspecified atom stereocenters. The van der Waals surface area contributed by atoms with Crippen LogP contribution >= 0.6 is 11.6 Å². The van der Waals surface area contributed by atoms with Crippen LogP contribution in [-0.4, -0.2) is 9.78 Å². The molecule has 0 saturated carbocycles. The van der Waals surface area contributed by atoms with Crippen LogP contribution in [0.1, 0.15) is 31.9 Å². The number of rotatable bonds is 3. The van der Waals surface area contributed by atoms with Gasteiger partial charge in [-0.05, 0) is 24.1 Å². The zero-order valence-corrected chi connectivity index (χ0v) is 11.7. The van der Waals surface area contributed by atoms with Gasteiger partial charge in [-0.1, -0.05) is 37.6 Å². The van der Waals surface area contributed by atoms with Gasteiger partial charge in [-0.25, -0.2) is 0 Å². The number of aryl methyl sites for hydroxylation is 1. The van der Waals surface area contributed by atoms with Crippen molar-refractivity contribution in [3.63, 3.8) is 0 Å². The Labute approximate surface area is 113 Å². The molecule has 0 spiro atoms. The number of hydrogen-bond acceptors (Lipinski definition) is 2. The van der Waals surface area contributed by atoms with Gasteiger partial charge >= 0.3 is 0 Å². The Morgan fingerprint density at radius 1 is 1.44 bits per heavy atom. The van der Waals surface area contributed by atoms with E-state index in [0.29, 0.717) is 16.8 Å². The molecular weight excluding hydrogens is 246 g/mol. The van der Waals surface area contributed by atoms with Crippen LogP contribution in [-0.2, 0) is 7.05 Å². The Balaban J connectivity index is 2.62. The van der Waals surface area contributed by atoms with Crippen molar-refractivity contribution in [2.75, 3.05) is 5.73 Å². The van der Waals surface area contributed by atoms with Crippen LogP contribution < -0.4 is 5.73 Å². The maximum Gasteiger partial charge on any atom is 0.129 e. The number of anilines is 1. The summed E-state index contributed by atoms with van der Waals surface area (Å²) >= 11 is 6.05. The first-order chi connectivity index (χ1) is 8.54. The number of benzene rings is 1. The van der Waals surface area contributed by atoms with Gasteiger partial charge in [0.1, 0.15) is 5.82 Å². The van der Waals surface area contributed by atoms with Crippen LogP contribution in [0, 0.1) is 0 Å². The molecule has 18 heavy (non-hydrogen) atoms. The smallest absolute Gasteiger partial charge is 0.129 e. The van der Waals surface area contributed by atoms with Crippen molar-refractivity contribution in [1.82, 2.24) is 9.78 Å².